The summed E-state index contributed by atoms with van der Waals surface area (Å²) in [7, 11) is 1.59. The average molecular weight is 230 g/mol. The zero-order chi connectivity index (χ0) is 12.3. The summed E-state index contributed by atoms with van der Waals surface area (Å²) in [5.41, 5.74) is 7.18. The van der Waals surface area contributed by atoms with E-state index in [2.05, 4.69) is 4.98 Å². The largest absolute Gasteiger partial charge is 0.497 e. The van der Waals surface area contributed by atoms with Crippen molar-refractivity contribution in [3.8, 4) is 17.2 Å². The van der Waals surface area contributed by atoms with E-state index >= 15 is 0 Å². The van der Waals surface area contributed by atoms with Crippen molar-refractivity contribution in [2.45, 2.75) is 6.92 Å². The maximum atomic E-state index is 5.75. The SMILES string of the molecule is COc1cc(N)cc(Oc2cccnc2C)c1. The van der Waals surface area contributed by atoms with Crippen LogP contribution >= 0.6 is 0 Å². The summed E-state index contributed by atoms with van der Waals surface area (Å²) in [4.78, 5) is 4.15. The molecule has 88 valence electrons. The second kappa shape index (κ2) is 4.74. The summed E-state index contributed by atoms with van der Waals surface area (Å²) in [5.74, 6) is 2.01. The Morgan fingerprint density at radius 1 is 1.18 bits per heavy atom. The number of nitrogen functional groups attached to an aromatic ring is 1. The first-order chi connectivity index (χ1) is 8.19. The predicted molar refractivity (Wildman–Crippen MR) is 66.5 cm³/mol. The molecule has 1 aromatic carbocycles. The topological polar surface area (TPSA) is 57.4 Å². The van der Waals surface area contributed by atoms with Crippen LogP contribution < -0.4 is 15.2 Å². The van der Waals surface area contributed by atoms with Crippen molar-refractivity contribution in [3.63, 3.8) is 0 Å². The van der Waals surface area contributed by atoms with E-state index in [1.54, 1.807) is 31.5 Å². The fourth-order valence-electron chi connectivity index (χ4n) is 1.47. The lowest BCUT2D eigenvalue weighted by atomic mass is 10.3. The van der Waals surface area contributed by atoms with Crippen LogP contribution in [0.5, 0.6) is 17.2 Å². The van der Waals surface area contributed by atoms with E-state index in [1.165, 1.54) is 0 Å². The summed E-state index contributed by atoms with van der Waals surface area (Å²) in [6, 6.07) is 8.95. The van der Waals surface area contributed by atoms with Gasteiger partial charge in [0.1, 0.15) is 17.2 Å². The summed E-state index contributed by atoms with van der Waals surface area (Å²) < 4.78 is 10.8. The van der Waals surface area contributed by atoms with Gasteiger partial charge in [0.05, 0.1) is 12.8 Å². The molecule has 0 atom stereocenters. The summed E-state index contributed by atoms with van der Waals surface area (Å²) in [6.45, 7) is 1.89. The zero-order valence-corrected chi connectivity index (χ0v) is 9.81. The van der Waals surface area contributed by atoms with Gasteiger partial charge in [0.2, 0.25) is 0 Å². The Hall–Kier alpha value is -2.23. The van der Waals surface area contributed by atoms with E-state index in [1.807, 2.05) is 19.1 Å². The van der Waals surface area contributed by atoms with Gasteiger partial charge in [0, 0.05) is 30.1 Å². The molecule has 0 radical (unpaired) electrons. The van der Waals surface area contributed by atoms with Gasteiger partial charge in [-0.15, -0.1) is 0 Å². The minimum Gasteiger partial charge on any atom is -0.497 e. The second-order valence-corrected chi connectivity index (χ2v) is 3.63. The van der Waals surface area contributed by atoms with Crippen LogP contribution in [0.25, 0.3) is 0 Å². The number of methoxy groups -OCH3 is 1. The molecule has 0 amide bonds. The highest BCUT2D eigenvalue weighted by Gasteiger charge is 2.04. The number of nitrogens with two attached hydrogens (primary N) is 1. The van der Waals surface area contributed by atoms with Gasteiger partial charge in [-0.2, -0.15) is 0 Å². The molecule has 1 heterocycles. The van der Waals surface area contributed by atoms with Crippen LogP contribution in [0, 0.1) is 6.92 Å². The summed E-state index contributed by atoms with van der Waals surface area (Å²) in [5, 5.41) is 0. The maximum Gasteiger partial charge on any atom is 0.148 e. The number of rotatable bonds is 3. The molecule has 2 aromatic rings. The lowest BCUT2D eigenvalue weighted by Gasteiger charge is -2.09. The molecule has 17 heavy (non-hydrogen) atoms. The quantitative estimate of drug-likeness (QED) is 0.824. The van der Waals surface area contributed by atoms with Crippen molar-refractivity contribution in [3.05, 3.63) is 42.2 Å². The maximum absolute atomic E-state index is 5.75. The molecule has 0 aliphatic heterocycles. The molecular weight excluding hydrogens is 216 g/mol. The number of ether oxygens (including phenoxy) is 2. The zero-order valence-electron chi connectivity index (χ0n) is 9.81. The fraction of sp³-hybridized carbons (Fsp3) is 0.154. The number of benzene rings is 1. The van der Waals surface area contributed by atoms with Gasteiger partial charge < -0.3 is 15.2 Å². The molecular formula is C13H14N2O2. The highest BCUT2D eigenvalue weighted by Crippen LogP contribution is 2.29. The van der Waals surface area contributed by atoms with E-state index in [4.69, 9.17) is 15.2 Å². The molecule has 0 unspecified atom stereocenters. The number of anilines is 1. The number of aryl methyl sites for hydroxylation is 1. The van der Waals surface area contributed by atoms with Crippen LogP contribution in [0.3, 0.4) is 0 Å². The molecule has 2 rings (SSSR count). The molecule has 0 saturated heterocycles. The third kappa shape index (κ3) is 2.66. The van der Waals surface area contributed by atoms with Gasteiger partial charge in [-0.3, -0.25) is 4.98 Å². The molecule has 0 spiro atoms. The molecule has 0 bridgehead atoms. The molecule has 0 fully saturated rings. The Balaban J connectivity index is 2.30. The van der Waals surface area contributed by atoms with Crippen molar-refractivity contribution in [1.82, 2.24) is 4.98 Å². The third-order valence-corrected chi connectivity index (χ3v) is 2.32. The predicted octanol–water partition coefficient (Wildman–Crippen LogP) is 2.77. The van der Waals surface area contributed by atoms with Gasteiger partial charge in [0.25, 0.3) is 0 Å². The van der Waals surface area contributed by atoms with Crippen molar-refractivity contribution >= 4 is 5.69 Å². The van der Waals surface area contributed by atoms with Crippen molar-refractivity contribution in [2.75, 3.05) is 12.8 Å². The summed E-state index contributed by atoms with van der Waals surface area (Å²) >= 11 is 0. The first-order valence-corrected chi connectivity index (χ1v) is 5.23. The van der Waals surface area contributed by atoms with E-state index in [0.29, 0.717) is 22.9 Å². The molecule has 0 saturated carbocycles. The van der Waals surface area contributed by atoms with Crippen molar-refractivity contribution < 1.29 is 9.47 Å². The molecule has 4 nitrogen and oxygen atoms in total. The molecule has 1 aromatic heterocycles. The van der Waals surface area contributed by atoms with Gasteiger partial charge in [-0.25, -0.2) is 0 Å². The Labute approximate surface area is 100 Å². The normalized spacial score (nSPS) is 10.0. The highest BCUT2D eigenvalue weighted by atomic mass is 16.5. The van der Waals surface area contributed by atoms with E-state index in [9.17, 15) is 0 Å². The fourth-order valence-corrected chi connectivity index (χ4v) is 1.47. The number of aromatic nitrogens is 1. The Kier molecular flexibility index (Phi) is 3.14. The first kappa shape index (κ1) is 11.3. The standard InChI is InChI=1S/C13H14N2O2/c1-9-13(4-3-5-15-9)17-12-7-10(14)6-11(8-12)16-2/h3-8H,14H2,1-2H3. The van der Waals surface area contributed by atoms with E-state index in [-0.39, 0.29) is 0 Å². The van der Waals surface area contributed by atoms with Crippen LogP contribution in [-0.2, 0) is 0 Å². The van der Waals surface area contributed by atoms with Crippen LogP contribution in [0.1, 0.15) is 5.69 Å². The van der Waals surface area contributed by atoms with Crippen molar-refractivity contribution in [1.29, 1.82) is 0 Å². The Bertz CT molecular complexity index is 527. The Morgan fingerprint density at radius 2 is 1.94 bits per heavy atom. The molecule has 0 aliphatic carbocycles. The summed E-state index contributed by atoms with van der Waals surface area (Å²) in [6.07, 6.45) is 1.72. The van der Waals surface area contributed by atoms with Crippen LogP contribution in [0.4, 0.5) is 5.69 Å². The smallest absolute Gasteiger partial charge is 0.148 e. The monoisotopic (exact) mass is 230 g/mol. The first-order valence-electron chi connectivity index (χ1n) is 5.23. The van der Waals surface area contributed by atoms with Gasteiger partial charge in [-0.1, -0.05) is 0 Å². The molecule has 0 aliphatic rings. The van der Waals surface area contributed by atoms with Crippen molar-refractivity contribution in [2.24, 2.45) is 0 Å². The number of hydrogen-bond acceptors (Lipinski definition) is 4. The lowest BCUT2D eigenvalue weighted by molar-refractivity contribution is 0.409. The molecule has 2 N–H and O–H groups in total. The minimum atomic E-state index is 0.598. The van der Waals surface area contributed by atoms with Gasteiger partial charge >= 0.3 is 0 Å². The van der Waals surface area contributed by atoms with Crippen LogP contribution in [0.15, 0.2) is 36.5 Å². The van der Waals surface area contributed by atoms with Gasteiger partial charge in [-0.05, 0) is 19.1 Å². The van der Waals surface area contributed by atoms with E-state index < -0.39 is 0 Å². The second-order valence-electron chi connectivity index (χ2n) is 3.63. The molecule has 4 heteroatoms. The third-order valence-electron chi connectivity index (χ3n) is 2.32. The number of nitrogens with zero attached hydrogens (tertiary/aromatic N) is 1. The lowest BCUT2D eigenvalue weighted by Crippen LogP contribution is -1.93. The minimum absolute atomic E-state index is 0.598. The average Bonchev–Trinajstić information content (AvgIpc) is 2.31. The van der Waals surface area contributed by atoms with Crippen LogP contribution in [-0.4, -0.2) is 12.1 Å². The van der Waals surface area contributed by atoms with Gasteiger partial charge in [0.15, 0.2) is 0 Å². The number of pyridine rings is 1. The van der Waals surface area contributed by atoms with E-state index in [0.717, 1.165) is 5.69 Å². The Morgan fingerprint density at radius 3 is 2.65 bits per heavy atom. The highest BCUT2D eigenvalue weighted by molar-refractivity contribution is 5.51. The number of hydrogen-bond donors (Lipinski definition) is 1. The van der Waals surface area contributed by atoms with Crippen LogP contribution in [0.2, 0.25) is 0 Å².